The predicted molar refractivity (Wildman–Crippen MR) is 108 cm³/mol. The number of aryl methyl sites for hydroxylation is 1. The molecule has 3 nitrogen and oxygen atoms in total. The molecule has 0 saturated heterocycles. The van der Waals surface area contributed by atoms with Crippen molar-refractivity contribution in [3.8, 4) is 0 Å². The molecule has 2 unspecified atom stereocenters. The van der Waals surface area contributed by atoms with Gasteiger partial charge in [-0.1, -0.05) is 56.3 Å². The molecule has 0 saturated carbocycles. The van der Waals surface area contributed by atoms with Gasteiger partial charge in [-0.3, -0.25) is 0 Å². The van der Waals surface area contributed by atoms with Gasteiger partial charge >= 0.3 is 7.83 Å². The van der Waals surface area contributed by atoms with Gasteiger partial charge in [0.2, 0.25) is 0 Å². The van der Waals surface area contributed by atoms with Crippen LogP contribution in [0.5, 0.6) is 0 Å². The van der Waals surface area contributed by atoms with Crippen molar-refractivity contribution >= 4 is 28.2 Å². The minimum atomic E-state index is -5.39. The molecule has 0 aliphatic carbocycles. The molecule has 146 valence electrons. The zero-order chi connectivity index (χ0) is 19.7. The summed E-state index contributed by atoms with van der Waals surface area (Å²) in [7, 11) is -14.2. The van der Waals surface area contributed by atoms with Gasteiger partial charge in [-0.25, -0.2) is 0 Å². The number of nitrogens with zero attached hydrogens (tertiary/aromatic N) is 3. The molecular weight excluding hydrogens is 415 g/mol. The van der Waals surface area contributed by atoms with Gasteiger partial charge < -0.3 is 0 Å². The second-order valence-electron chi connectivity index (χ2n) is 6.60. The molecule has 0 N–H and O–H groups in total. The van der Waals surface area contributed by atoms with Crippen molar-refractivity contribution < 1.29 is 16.8 Å². The van der Waals surface area contributed by atoms with Gasteiger partial charge in [-0.15, -0.1) is 8.39 Å². The molecule has 0 amide bonds. The van der Waals surface area contributed by atoms with E-state index in [1.54, 1.807) is 42.5 Å². The van der Waals surface area contributed by atoms with Crippen LogP contribution in [0.3, 0.4) is 0 Å². The molecule has 0 spiro atoms. The van der Waals surface area contributed by atoms with E-state index >= 15 is 8.39 Å². The fourth-order valence-corrected chi connectivity index (χ4v) is 10.6. The Morgan fingerprint density at radius 1 is 0.815 bits per heavy atom. The monoisotopic (exact) mass is 435 g/mol. The minimum absolute atomic E-state index is 0.0804. The van der Waals surface area contributed by atoms with E-state index in [2.05, 4.69) is 13.5 Å². The standard InChI is InChI=1S/C17H20F4N3P3/c1-14(2)16-8-10-17(11-9-16)26(19)22-25(18,23-27(20,21)24-26)13-12-15-6-4-3-5-7-15/h3-11,14H,12-13H2,1-2H3. The molecule has 0 radical (unpaired) electrons. The molecule has 0 fully saturated rings. The summed E-state index contributed by atoms with van der Waals surface area (Å²) < 4.78 is 68.4. The summed E-state index contributed by atoms with van der Waals surface area (Å²) in [5.41, 5.74) is 1.70. The summed E-state index contributed by atoms with van der Waals surface area (Å²) in [6, 6.07) is 14.9. The largest absolute Gasteiger partial charge is 0.421 e. The predicted octanol–water partition coefficient (Wildman–Crippen LogP) is 8.58. The fraction of sp³-hybridized carbons (Fsp3) is 0.294. The van der Waals surface area contributed by atoms with Crippen LogP contribution in [0.4, 0.5) is 16.8 Å². The van der Waals surface area contributed by atoms with Gasteiger partial charge in [-0.05, 0) is 35.6 Å². The van der Waals surface area contributed by atoms with Crippen LogP contribution >= 0.6 is 22.9 Å². The molecule has 10 heteroatoms. The molecule has 2 aromatic carbocycles. The molecule has 0 aromatic heterocycles. The van der Waals surface area contributed by atoms with Gasteiger partial charge in [-0.2, -0.15) is 21.9 Å². The topological polar surface area (TPSA) is 37.1 Å². The van der Waals surface area contributed by atoms with Crippen molar-refractivity contribution in [3.63, 3.8) is 0 Å². The lowest BCUT2D eigenvalue weighted by Gasteiger charge is -2.22. The van der Waals surface area contributed by atoms with Gasteiger partial charge in [0.1, 0.15) is 0 Å². The van der Waals surface area contributed by atoms with Crippen molar-refractivity contribution in [2.45, 2.75) is 26.2 Å². The van der Waals surface area contributed by atoms with Gasteiger partial charge in [0.05, 0.1) is 0 Å². The van der Waals surface area contributed by atoms with Crippen LogP contribution in [0.15, 0.2) is 68.1 Å². The molecule has 2 aromatic rings. The highest BCUT2D eigenvalue weighted by Gasteiger charge is 2.39. The maximum Gasteiger partial charge on any atom is 0.421 e. The highest BCUT2D eigenvalue weighted by Crippen LogP contribution is 2.80. The number of halogens is 4. The smallest absolute Gasteiger partial charge is 0.183 e. The lowest BCUT2D eigenvalue weighted by atomic mass is 10.0. The van der Waals surface area contributed by atoms with Crippen LogP contribution in [0.2, 0.25) is 0 Å². The number of benzene rings is 2. The van der Waals surface area contributed by atoms with Crippen LogP contribution in [0, 0.1) is 0 Å². The summed E-state index contributed by atoms with van der Waals surface area (Å²) in [5.74, 6) is 0.204. The third-order valence-electron chi connectivity index (χ3n) is 4.14. The highest BCUT2D eigenvalue weighted by molar-refractivity contribution is 7.84. The van der Waals surface area contributed by atoms with E-state index in [9.17, 15) is 8.39 Å². The SMILES string of the molecule is CC(C)c1ccc(P2(F)=NP(F)(F)=NP(F)(CCc3ccccc3)=N2)cc1. The van der Waals surface area contributed by atoms with Crippen molar-refractivity contribution in [2.24, 2.45) is 13.5 Å². The van der Waals surface area contributed by atoms with E-state index in [4.69, 9.17) is 0 Å². The van der Waals surface area contributed by atoms with E-state index in [-0.39, 0.29) is 23.8 Å². The van der Waals surface area contributed by atoms with Gasteiger partial charge in [0, 0.05) is 11.5 Å². The van der Waals surface area contributed by atoms with Crippen molar-refractivity contribution in [1.29, 1.82) is 0 Å². The quantitative estimate of drug-likeness (QED) is 0.333. The number of hydrogen-bond acceptors (Lipinski definition) is 3. The number of hydrogen-bond donors (Lipinski definition) is 0. The first kappa shape index (κ1) is 20.6. The summed E-state index contributed by atoms with van der Waals surface area (Å²) in [4.78, 5) is 0. The summed E-state index contributed by atoms with van der Waals surface area (Å²) in [6.45, 7) is 3.93. The van der Waals surface area contributed by atoms with Gasteiger partial charge in [0.25, 0.3) is 15.0 Å². The Hall–Kier alpha value is -1.15. The van der Waals surface area contributed by atoms with E-state index in [1.807, 2.05) is 13.8 Å². The Morgan fingerprint density at radius 2 is 1.44 bits per heavy atom. The fourth-order valence-electron chi connectivity index (χ4n) is 2.70. The summed E-state index contributed by atoms with van der Waals surface area (Å²) in [5, 5.41) is -0.0804. The Balaban J connectivity index is 1.99. The number of rotatable bonds is 5. The zero-order valence-corrected chi connectivity index (χ0v) is 17.6. The second-order valence-corrected chi connectivity index (χ2v) is 13.0. The molecule has 27 heavy (non-hydrogen) atoms. The Kier molecular flexibility index (Phi) is 5.87. The van der Waals surface area contributed by atoms with Crippen LogP contribution in [0.25, 0.3) is 0 Å². The summed E-state index contributed by atoms with van der Waals surface area (Å²) >= 11 is 0. The van der Waals surface area contributed by atoms with Crippen LogP contribution < -0.4 is 5.30 Å². The van der Waals surface area contributed by atoms with Crippen molar-refractivity contribution in [3.05, 3.63) is 65.7 Å². The molecule has 2 atom stereocenters. The molecule has 1 aliphatic rings. The first-order valence-corrected chi connectivity index (χ1v) is 13.3. The Bertz CT molecular complexity index is 982. The van der Waals surface area contributed by atoms with Gasteiger partial charge in [0.15, 0.2) is 0 Å². The van der Waals surface area contributed by atoms with Crippen LogP contribution in [-0.2, 0) is 6.42 Å². The first-order chi connectivity index (χ1) is 12.6. The maximum atomic E-state index is 15.4. The first-order valence-electron chi connectivity index (χ1n) is 8.44. The highest BCUT2D eigenvalue weighted by atomic mass is 31.3. The molecule has 1 heterocycles. The molecule has 1 aliphatic heterocycles. The molecular formula is C17H20F4N3P3. The average Bonchev–Trinajstić information content (AvgIpc) is 2.59. The lowest BCUT2D eigenvalue weighted by Crippen LogP contribution is -2.02. The Morgan fingerprint density at radius 3 is 2.04 bits per heavy atom. The van der Waals surface area contributed by atoms with Crippen LogP contribution in [-0.4, -0.2) is 6.16 Å². The van der Waals surface area contributed by atoms with E-state index in [0.29, 0.717) is 0 Å². The normalized spacial score (nSPS) is 26.8. The third kappa shape index (κ3) is 5.02. The second kappa shape index (κ2) is 7.70. The lowest BCUT2D eigenvalue weighted by molar-refractivity contribution is 0.721. The molecule has 3 rings (SSSR count). The van der Waals surface area contributed by atoms with Crippen LogP contribution in [0.1, 0.15) is 30.9 Å². The molecule has 0 bridgehead atoms. The van der Waals surface area contributed by atoms with E-state index in [1.165, 1.54) is 12.1 Å². The van der Waals surface area contributed by atoms with E-state index < -0.39 is 22.9 Å². The Labute approximate surface area is 157 Å². The maximum absolute atomic E-state index is 15.4. The third-order valence-corrected chi connectivity index (χ3v) is 11.7. The zero-order valence-electron chi connectivity index (χ0n) is 14.9. The average molecular weight is 435 g/mol. The van der Waals surface area contributed by atoms with Crippen molar-refractivity contribution in [2.75, 3.05) is 6.16 Å². The van der Waals surface area contributed by atoms with Crippen molar-refractivity contribution in [1.82, 2.24) is 0 Å². The van der Waals surface area contributed by atoms with E-state index in [0.717, 1.165) is 11.1 Å². The summed E-state index contributed by atoms with van der Waals surface area (Å²) in [6.07, 6.45) is -0.164. The minimum Gasteiger partial charge on any atom is -0.183 e.